The van der Waals surface area contributed by atoms with Crippen molar-refractivity contribution in [2.24, 2.45) is 0 Å². The summed E-state index contributed by atoms with van der Waals surface area (Å²) in [6, 6.07) is 36.7. The number of pyridine rings is 1. The van der Waals surface area contributed by atoms with E-state index in [0.717, 1.165) is 6.54 Å². The van der Waals surface area contributed by atoms with Crippen LogP contribution >= 0.6 is 0 Å². The van der Waals surface area contributed by atoms with E-state index in [1.807, 2.05) is 0 Å². The van der Waals surface area contributed by atoms with Gasteiger partial charge < -0.3 is 0 Å². The monoisotopic (exact) mass is 404 g/mol. The lowest BCUT2D eigenvalue weighted by Crippen LogP contribution is -2.32. The minimum Gasteiger partial charge on any atom is -0.205 e. The Kier molecular flexibility index (Phi) is 7.08. The molecule has 0 amide bonds. The molecule has 1 heterocycles. The van der Waals surface area contributed by atoms with Crippen LogP contribution in [-0.2, 0) is 6.54 Å². The van der Waals surface area contributed by atoms with E-state index in [1.54, 1.807) is 0 Å². The minimum atomic E-state index is 1.07. The SMILES string of the molecule is CCCCC[n+]1ccc(C(=C(c2ccccc2)c2ccccc2)c2ccccc2)cc1. The summed E-state index contributed by atoms with van der Waals surface area (Å²) in [5.74, 6) is 0. The summed E-state index contributed by atoms with van der Waals surface area (Å²) in [6.07, 6.45) is 8.19. The smallest absolute Gasteiger partial charge is 0.169 e. The third kappa shape index (κ3) is 5.19. The van der Waals surface area contributed by atoms with Gasteiger partial charge in [0.05, 0.1) is 0 Å². The van der Waals surface area contributed by atoms with E-state index >= 15 is 0 Å². The second-order valence-corrected chi connectivity index (χ2v) is 7.88. The third-order valence-corrected chi connectivity index (χ3v) is 5.64. The average molecular weight is 405 g/mol. The molecular weight excluding hydrogens is 374 g/mol. The fourth-order valence-corrected chi connectivity index (χ4v) is 4.04. The van der Waals surface area contributed by atoms with Gasteiger partial charge in [-0.25, -0.2) is 4.57 Å². The quantitative estimate of drug-likeness (QED) is 0.166. The van der Waals surface area contributed by atoms with Crippen LogP contribution in [0, 0.1) is 0 Å². The van der Waals surface area contributed by atoms with Gasteiger partial charge in [-0.05, 0) is 39.8 Å². The maximum absolute atomic E-state index is 2.30. The molecule has 154 valence electrons. The first-order chi connectivity index (χ1) is 15.4. The molecule has 4 aromatic rings. The van der Waals surface area contributed by atoms with Crippen molar-refractivity contribution in [1.29, 1.82) is 0 Å². The molecule has 4 rings (SSSR count). The summed E-state index contributed by atoms with van der Waals surface area (Å²) < 4.78 is 2.30. The number of hydrogen-bond donors (Lipinski definition) is 0. The van der Waals surface area contributed by atoms with E-state index in [4.69, 9.17) is 0 Å². The maximum Gasteiger partial charge on any atom is 0.169 e. The van der Waals surface area contributed by atoms with Crippen molar-refractivity contribution in [2.75, 3.05) is 0 Å². The average Bonchev–Trinajstić information content (AvgIpc) is 2.85. The van der Waals surface area contributed by atoms with E-state index < -0.39 is 0 Å². The first-order valence-corrected chi connectivity index (χ1v) is 11.3. The molecule has 0 spiro atoms. The molecule has 0 fully saturated rings. The number of rotatable bonds is 8. The molecule has 3 aromatic carbocycles. The summed E-state index contributed by atoms with van der Waals surface area (Å²) in [7, 11) is 0. The topological polar surface area (TPSA) is 3.88 Å². The molecule has 0 N–H and O–H groups in total. The molecule has 0 bridgehead atoms. The van der Waals surface area contributed by atoms with Crippen molar-refractivity contribution in [3.63, 3.8) is 0 Å². The summed E-state index contributed by atoms with van der Waals surface area (Å²) in [5.41, 5.74) is 7.45. The fraction of sp³-hybridized carbons (Fsp3) is 0.167. The van der Waals surface area contributed by atoms with Crippen LogP contribution in [0.3, 0.4) is 0 Å². The molecule has 31 heavy (non-hydrogen) atoms. The molecule has 1 heteroatoms. The molecule has 0 aliphatic rings. The van der Waals surface area contributed by atoms with E-state index in [-0.39, 0.29) is 0 Å². The number of aryl methyl sites for hydroxylation is 1. The fourth-order valence-electron chi connectivity index (χ4n) is 4.04. The van der Waals surface area contributed by atoms with Gasteiger partial charge in [-0.1, -0.05) is 104 Å². The number of aromatic nitrogens is 1. The van der Waals surface area contributed by atoms with E-state index in [1.165, 1.54) is 52.7 Å². The van der Waals surface area contributed by atoms with Crippen molar-refractivity contribution in [1.82, 2.24) is 0 Å². The highest BCUT2D eigenvalue weighted by Crippen LogP contribution is 2.36. The van der Waals surface area contributed by atoms with Gasteiger partial charge in [-0.3, -0.25) is 0 Å². The largest absolute Gasteiger partial charge is 0.205 e. The molecule has 0 unspecified atom stereocenters. The van der Waals surface area contributed by atoms with Crippen LogP contribution in [0.25, 0.3) is 11.1 Å². The Bertz CT molecular complexity index is 1050. The zero-order valence-corrected chi connectivity index (χ0v) is 18.2. The van der Waals surface area contributed by atoms with Gasteiger partial charge >= 0.3 is 0 Å². The normalized spacial score (nSPS) is 10.6. The van der Waals surface area contributed by atoms with Gasteiger partial charge in [0.2, 0.25) is 0 Å². The highest BCUT2D eigenvalue weighted by molar-refractivity contribution is 6.04. The number of unbranched alkanes of at least 4 members (excludes halogenated alkanes) is 2. The second-order valence-electron chi connectivity index (χ2n) is 7.88. The predicted octanol–water partition coefficient (Wildman–Crippen LogP) is 7.17. The van der Waals surface area contributed by atoms with Crippen LogP contribution in [0.1, 0.15) is 48.4 Å². The van der Waals surface area contributed by atoms with Crippen molar-refractivity contribution < 1.29 is 4.57 Å². The van der Waals surface area contributed by atoms with Crippen molar-refractivity contribution in [2.45, 2.75) is 32.7 Å². The summed E-state index contributed by atoms with van der Waals surface area (Å²) >= 11 is 0. The molecule has 0 radical (unpaired) electrons. The van der Waals surface area contributed by atoms with Crippen LogP contribution < -0.4 is 4.57 Å². The van der Waals surface area contributed by atoms with Crippen LogP contribution in [0.5, 0.6) is 0 Å². The second kappa shape index (κ2) is 10.5. The van der Waals surface area contributed by atoms with Crippen LogP contribution in [0.4, 0.5) is 0 Å². The van der Waals surface area contributed by atoms with Gasteiger partial charge in [-0.2, -0.15) is 0 Å². The van der Waals surface area contributed by atoms with Gasteiger partial charge in [0.15, 0.2) is 12.4 Å². The van der Waals surface area contributed by atoms with Crippen molar-refractivity contribution in [3.8, 4) is 0 Å². The number of nitrogens with zero attached hydrogens (tertiary/aromatic N) is 1. The summed E-state index contributed by atoms with van der Waals surface area (Å²) in [5, 5.41) is 0. The van der Waals surface area contributed by atoms with E-state index in [2.05, 4.69) is 127 Å². The van der Waals surface area contributed by atoms with E-state index in [9.17, 15) is 0 Å². The number of hydrogen-bond acceptors (Lipinski definition) is 0. The Hall–Kier alpha value is -3.45. The zero-order valence-electron chi connectivity index (χ0n) is 18.2. The first-order valence-electron chi connectivity index (χ1n) is 11.3. The lowest BCUT2D eigenvalue weighted by atomic mass is 9.86. The molecule has 0 aliphatic carbocycles. The maximum atomic E-state index is 2.30. The Balaban J connectivity index is 1.90. The molecule has 0 saturated carbocycles. The molecule has 0 atom stereocenters. The van der Waals surface area contributed by atoms with Crippen LogP contribution in [0.15, 0.2) is 116 Å². The zero-order chi connectivity index (χ0) is 21.3. The van der Waals surface area contributed by atoms with Crippen molar-refractivity contribution in [3.05, 3.63) is 138 Å². The molecule has 1 aromatic heterocycles. The third-order valence-electron chi connectivity index (χ3n) is 5.64. The summed E-state index contributed by atoms with van der Waals surface area (Å²) in [6.45, 7) is 3.32. The Morgan fingerprint density at radius 2 is 0.903 bits per heavy atom. The lowest BCUT2D eigenvalue weighted by molar-refractivity contribution is -0.697. The first kappa shape index (κ1) is 20.8. The van der Waals surface area contributed by atoms with Gasteiger partial charge in [0.25, 0.3) is 0 Å². The standard InChI is InChI=1S/C30H30N/c1-2-3-13-22-31-23-20-28(21-24-31)30(27-18-11-6-12-19-27)29(25-14-7-4-8-15-25)26-16-9-5-10-17-26/h4-12,14-21,23-24H,2-3,13,22H2,1H3/q+1. The molecule has 0 saturated heterocycles. The predicted molar refractivity (Wildman–Crippen MR) is 131 cm³/mol. The molecule has 0 aliphatic heterocycles. The van der Waals surface area contributed by atoms with Crippen LogP contribution in [0.2, 0.25) is 0 Å². The Labute approximate surface area is 186 Å². The highest BCUT2D eigenvalue weighted by Gasteiger charge is 2.16. The minimum absolute atomic E-state index is 1.07. The van der Waals surface area contributed by atoms with Crippen molar-refractivity contribution >= 4 is 11.1 Å². The Morgan fingerprint density at radius 3 is 1.29 bits per heavy atom. The number of benzene rings is 3. The lowest BCUT2D eigenvalue weighted by Gasteiger charge is -2.17. The van der Waals surface area contributed by atoms with Gasteiger partial charge in [0, 0.05) is 18.6 Å². The van der Waals surface area contributed by atoms with Crippen LogP contribution in [-0.4, -0.2) is 0 Å². The van der Waals surface area contributed by atoms with Gasteiger partial charge in [0.1, 0.15) is 6.54 Å². The Morgan fingerprint density at radius 1 is 0.516 bits per heavy atom. The summed E-state index contributed by atoms with van der Waals surface area (Å²) in [4.78, 5) is 0. The van der Waals surface area contributed by atoms with Gasteiger partial charge in [-0.15, -0.1) is 0 Å². The van der Waals surface area contributed by atoms with E-state index in [0.29, 0.717) is 0 Å². The molecular formula is C30H30N+. The highest BCUT2D eigenvalue weighted by atomic mass is 14.9. The molecule has 1 nitrogen and oxygen atoms in total.